The van der Waals surface area contributed by atoms with Crippen molar-refractivity contribution >= 4 is 22.6 Å². The molecular formula is C17H19FN4. The van der Waals surface area contributed by atoms with Crippen molar-refractivity contribution in [1.82, 2.24) is 14.4 Å². The summed E-state index contributed by atoms with van der Waals surface area (Å²) in [5.41, 5.74) is 2.05. The molecule has 0 amide bonds. The van der Waals surface area contributed by atoms with Crippen LogP contribution in [-0.2, 0) is 0 Å². The number of hydrogen-bond acceptors (Lipinski definition) is 3. The van der Waals surface area contributed by atoms with Crippen molar-refractivity contribution in [3.05, 3.63) is 36.5 Å². The molecule has 1 aliphatic heterocycles. The van der Waals surface area contributed by atoms with E-state index in [-0.39, 0.29) is 6.67 Å². The molecule has 3 aromatic rings. The van der Waals surface area contributed by atoms with Gasteiger partial charge in [0.15, 0.2) is 0 Å². The van der Waals surface area contributed by atoms with Gasteiger partial charge in [-0.2, -0.15) is 4.98 Å². The van der Waals surface area contributed by atoms with Crippen molar-refractivity contribution in [1.29, 1.82) is 0 Å². The standard InChI is InChI=1S/C17H19FN4/c18-9-5-13-6-10-21(11-7-13)16-8-12-22-15-4-2-1-3-14(15)19-17(22)20-16/h1-4,8,12-13H,5-7,9-11H2/i18-1. The number of rotatable bonds is 3. The number of imidazole rings is 1. The molecule has 0 unspecified atom stereocenters. The molecule has 0 N–H and O–H groups in total. The molecule has 4 rings (SSSR count). The van der Waals surface area contributed by atoms with Crippen LogP contribution in [0.3, 0.4) is 0 Å². The summed E-state index contributed by atoms with van der Waals surface area (Å²) >= 11 is 0. The number of hydrogen-bond donors (Lipinski definition) is 0. The van der Waals surface area contributed by atoms with E-state index >= 15 is 0 Å². The molecule has 0 saturated carbocycles. The van der Waals surface area contributed by atoms with Crippen LogP contribution < -0.4 is 4.90 Å². The Labute approximate surface area is 128 Å². The van der Waals surface area contributed by atoms with Gasteiger partial charge in [-0.05, 0) is 43.4 Å². The minimum Gasteiger partial charge on any atom is -0.356 e. The topological polar surface area (TPSA) is 33.4 Å². The largest absolute Gasteiger partial charge is 0.356 e. The van der Waals surface area contributed by atoms with Gasteiger partial charge in [0.2, 0.25) is 5.78 Å². The van der Waals surface area contributed by atoms with Gasteiger partial charge >= 0.3 is 0 Å². The van der Waals surface area contributed by atoms with Crippen molar-refractivity contribution in [2.45, 2.75) is 19.3 Å². The molecule has 1 aliphatic rings. The summed E-state index contributed by atoms with van der Waals surface area (Å²) in [5, 5.41) is 0. The molecule has 0 aliphatic carbocycles. The van der Waals surface area contributed by atoms with Crippen LogP contribution in [0.25, 0.3) is 16.8 Å². The first-order valence-electron chi connectivity index (χ1n) is 7.90. The number of fused-ring (bicyclic) bond motifs is 3. The van der Waals surface area contributed by atoms with E-state index in [0.29, 0.717) is 12.3 Å². The minimum atomic E-state index is -0.199. The first-order chi connectivity index (χ1) is 10.8. The summed E-state index contributed by atoms with van der Waals surface area (Å²) < 4.78 is 14.5. The fourth-order valence-corrected chi connectivity index (χ4v) is 3.32. The third-order valence-corrected chi connectivity index (χ3v) is 4.62. The second-order valence-electron chi connectivity index (χ2n) is 5.96. The number of halogens is 1. The zero-order valence-corrected chi connectivity index (χ0v) is 12.5. The van der Waals surface area contributed by atoms with E-state index in [1.165, 1.54) is 0 Å². The highest BCUT2D eigenvalue weighted by atomic mass is 18.2. The molecule has 0 atom stereocenters. The van der Waals surface area contributed by atoms with Crippen LogP contribution in [0.15, 0.2) is 36.5 Å². The highest BCUT2D eigenvalue weighted by Gasteiger charge is 2.20. The number of anilines is 1. The van der Waals surface area contributed by atoms with Gasteiger partial charge in [-0.25, -0.2) is 4.98 Å². The maximum atomic E-state index is 12.4. The molecule has 0 spiro atoms. The summed E-state index contributed by atoms with van der Waals surface area (Å²) in [6.07, 6.45) is 4.84. The summed E-state index contributed by atoms with van der Waals surface area (Å²) in [5.74, 6) is 2.24. The van der Waals surface area contributed by atoms with E-state index in [4.69, 9.17) is 4.98 Å². The van der Waals surface area contributed by atoms with E-state index in [1.54, 1.807) is 0 Å². The molecule has 1 aromatic carbocycles. The molecule has 0 bridgehead atoms. The zero-order valence-electron chi connectivity index (χ0n) is 12.5. The maximum Gasteiger partial charge on any atom is 0.236 e. The van der Waals surface area contributed by atoms with E-state index < -0.39 is 0 Å². The van der Waals surface area contributed by atoms with Gasteiger partial charge in [0.25, 0.3) is 0 Å². The smallest absolute Gasteiger partial charge is 0.236 e. The SMILES string of the molecule is [18F]CCC1CCN(c2ccn3c(n2)nc2ccccc23)CC1. The number of piperidine rings is 1. The molecule has 3 heterocycles. The van der Waals surface area contributed by atoms with Crippen molar-refractivity contribution in [3.63, 3.8) is 0 Å². The van der Waals surface area contributed by atoms with Crippen LogP contribution in [0, 0.1) is 5.92 Å². The van der Waals surface area contributed by atoms with E-state index in [1.807, 2.05) is 28.8 Å². The van der Waals surface area contributed by atoms with Crippen LogP contribution in [0.1, 0.15) is 19.3 Å². The highest BCUT2D eigenvalue weighted by Crippen LogP contribution is 2.25. The van der Waals surface area contributed by atoms with Crippen LogP contribution in [0.5, 0.6) is 0 Å². The fourth-order valence-electron chi connectivity index (χ4n) is 3.32. The molecule has 2 aromatic heterocycles. The third-order valence-electron chi connectivity index (χ3n) is 4.62. The average Bonchev–Trinajstić information content (AvgIpc) is 2.93. The predicted molar refractivity (Wildman–Crippen MR) is 86.0 cm³/mol. The third kappa shape index (κ3) is 2.30. The van der Waals surface area contributed by atoms with Crippen molar-refractivity contribution in [3.8, 4) is 0 Å². The van der Waals surface area contributed by atoms with Gasteiger partial charge in [-0.3, -0.25) is 8.79 Å². The van der Waals surface area contributed by atoms with Gasteiger partial charge < -0.3 is 4.90 Å². The fraction of sp³-hybridized carbons (Fsp3) is 0.412. The highest BCUT2D eigenvalue weighted by molar-refractivity contribution is 5.79. The van der Waals surface area contributed by atoms with E-state index in [9.17, 15) is 4.39 Å². The number of para-hydroxylation sites is 2. The van der Waals surface area contributed by atoms with Gasteiger partial charge in [-0.15, -0.1) is 0 Å². The Morgan fingerprint density at radius 2 is 1.91 bits per heavy atom. The Bertz CT molecular complexity index is 790. The molecule has 1 saturated heterocycles. The first kappa shape index (κ1) is 13.5. The zero-order chi connectivity index (χ0) is 14.9. The van der Waals surface area contributed by atoms with Crippen LogP contribution >= 0.6 is 0 Å². The molecule has 4 nitrogen and oxygen atoms in total. The Kier molecular flexibility index (Phi) is 3.41. The number of aromatic nitrogens is 3. The molecule has 22 heavy (non-hydrogen) atoms. The van der Waals surface area contributed by atoms with Crippen LogP contribution in [0.4, 0.5) is 10.2 Å². The summed E-state index contributed by atoms with van der Waals surface area (Å²) in [6, 6.07) is 10.1. The lowest BCUT2D eigenvalue weighted by atomic mass is 9.94. The van der Waals surface area contributed by atoms with Crippen molar-refractivity contribution in [2.24, 2.45) is 5.92 Å². The Balaban J connectivity index is 1.62. The first-order valence-corrected chi connectivity index (χ1v) is 7.90. The number of nitrogens with zero attached hydrogens (tertiary/aromatic N) is 4. The lowest BCUT2D eigenvalue weighted by Crippen LogP contribution is -2.34. The number of alkyl halides is 1. The van der Waals surface area contributed by atoms with Crippen LogP contribution in [-0.4, -0.2) is 34.1 Å². The van der Waals surface area contributed by atoms with Crippen molar-refractivity contribution < 1.29 is 4.39 Å². The monoisotopic (exact) mass is 297 g/mol. The Morgan fingerprint density at radius 1 is 1.09 bits per heavy atom. The lowest BCUT2D eigenvalue weighted by molar-refractivity contribution is 0.332. The molecule has 114 valence electrons. The van der Waals surface area contributed by atoms with E-state index in [2.05, 4.69) is 22.0 Å². The van der Waals surface area contributed by atoms with Crippen LogP contribution in [0.2, 0.25) is 0 Å². The molecule has 1 fully saturated rings. The quantitative estimate of drug-likeness (QED) is 0.742. The predicted octanol–water partition coefficient (Wildman–Crippen LogP) is 3.46. The molecular weight excluding hydrogens is 278 g/mol. The molecule has 0 radical (unpaired) electrons. The van der Waals surface area contributed by atoms with Gasteiger partial charge in [0.1, 0.15) is 5.82 Å². The van der Waals surface area contributed by atoms with E-state index in [0.717, 1.165) is 48.6 Å². The van der Waals surface area contributed by atoms with Gasteiger partial charge in [-0.1, -0.05) is 12.1 Å². The lowest BCUT2D eigenvalue weighted by Gasteiger charge is -2.32. The average molecular weight is 297 g/mol. The Hall–Kier alpha value is -2.17. The Morgan fingerprint density at radius 3 is 2.73 bits per heavy atom. The van der Waals surface area contributed by atoms with Gasteiger partial charge in [0, 0.05) is 19.3 Å². The van der Waals surface area contributed by atoms with Crippen molar-refractivity contribution in [2.75, 3.05) is 24.7 Å². The molecule has 5 heteroatoms. The number of benzene rings is 1. The second-order valence-corrected chi connectivity index (χ2v) is 5.96. The minimum absolute atomic E-state index is 0.199. The maximum absolute atomic E-state index is 12.4. The normalized spacial score (nSPS) is 16.7. The summed E-state index contributed by atoms with van der Waals surface area (Å²) in [7, 11) is 0. The summed E-state index contributed by atoms with van der Waals surface area (Å²) in [6.45, 7) is 1.71. The summed E-state index contributed by atoms with van der Waals surface area (Å²) in [4.78, 5) is 11.6. The second kappa shape index (κ2) is 5.55. The van der Waals surface area contributed by atoms with Gasteiger partial charge in [0.05, 0.1) is 17.7 Å².